The van der Waals surface area contributed by atoms with Gasteiger partial charge in [0.2, 0.25) is 5.91 Å². The number of carbonyl (C=O) groups is 2. The van der Waals surface area contributed by atoms with E-state index in [0.29, 0.717) is 0 Å². The van der Waals surface area contributed by atoms with E-state index in [1.807, 2.05) is 4.90 Å². The van der Waals surface area contributed by atoms with Gasteiger partial charge in [0.1, 0.15) is 6.54 Å². The van der Waals surface area contributed by atoms with Crippen LogP contribution < -0.4 is 10.0 Å². The molecule has 4 aliphatic rings. The van der Waals surface area contributed by atoms with Crippen LogP contribution in [0.3, 0.4) is 0 Å². The summed E-state index contributed by atoms with van der Waals surface area (Å²) in [5.41, 5.74) is 2.69. The number of aliphatic carboxylic acids is 1. The van der Waals surface area contributed by atoms with E-state index in [-0.39, 0.29) is 23.7 Å². The molecule has 0 spiro atoms. The number of quaternary nitrogens is 1. The molecule has 2 bridgehead atoms. The monoisotopic (exact) mass is 370 g/mol. The number of hydrogen-bond donors (Lipinski definition) is 1. The second-order valence-electron chi connectivity index (χ2n) is 8.72. The molecule has 4 fully saturated rings. The predicted octanol–water partition coefficient (Wildman–Crippen LogP) is 0.0244. The van der Waals surface area contributed by atoms with Crippen molar-refractivity contribution < 1.29 is 19.6 Å². The molecule has 3 aliphatic carbocycles. The van der Waals surface area contributed by atoms with Gasteiger partial charge in [-0.2, -0.15) is 0 Å². The van der Waals surface area contributed by atoms with E-state index in [0.717, 1.165) is 58.4 Å². The predicted molar refractivity (Wildman–Crippen MR) is 99.6 cm³/mol. The molecule has 1 aromatic carbocycles. The highest BCUT2D eigenvalue weighted by atomic mass is 16.4. The zero-order valence-corrected chi connectivity index (χ0v) is 16.2. The van der Waals surface area contributed by atoms with Gasteiger partial charge in [-0.1, -0.05) is 24.3 Å². The number of fused-ring (bicyclic) bond motifs is 3. The van der Waals surface area contributed by atoms with E-state index in [2.05, 4.69) is 31.2 Å². The van der Waals surface area contributed by atoms with Gasteiger partial charge < -0.3 is 19.7 Å². The van der Waals surface area contributed by atoms with Gasteiger partial charge in [0.25, 0.3) is 0 Å². The van der Waals surface area contributed by atoms with E-state index < -0.39 is 11.9 Å². The summed E-state index contributed by atoms with van der Waals surface area (Å²) in [5.74, 6) is -1.47. The quantitative estimate of drug-likeness (QED) is 0.813. The van der Waals surface area contributed by atoms with Crippen molar-refractivity contribution in [2.45, 2.75) is 39.2 Å². The molecular weight excluding hydrogens is 340 g/mol. The standard InChI is InChI=1S/C22H30N2O3/c1-15-4-2-3-5-18(15)14-23-10-12-24(13-11-23)21(25)19-16-6-8-17(9-7-16)20(19)22(26)27/h2-5,16-17,19-20H,6-14H2,1H3,(H,26,27)/t16?,17?,19-,20+/m1/s1. The number of aryl methyl sites for hydroxylation is 1. The molecule has 1 heterocycles. The van der Waals surface area contributed by atoms with Crippen molar-refractivity contribution in [2.24, 2.45) is 23.7 Å². The lowest BCUT2D eigenvalue weighted by Crippen LogP contribution is -3.13. The number of carboxylic acid groups (broad SMARTS) is 1. The van der Waals surface area contributed by atoms with Gasteiger partial charge in [-0.15, -0.1) is 0 Å². The number of rotatable bonds is 4. The van der Waals surface area contributed by atoms with Crippen molar-refractivity contribution >= 4 is 11.9 Å². The van der Waals surface area contributed by atoms with Crippen LogP contribution in [0.25, 0.3) is 0 Å². The van der Waals surface area contributed by atoms with Gasteiger partial charge in [0, 0.05) is 23.4 Å². The zero-order chi connectivity index (χ0) is 19.0. The lowest BCUT2D eigenvalue weighted by Gasteiger charge is -2.49. The van der Waals surface area contributed by atoms with E-state index in [9.17, 15) is 14.7 Å². The average molecular weight is 370 g/mol. The number of piperazine rings is 1. The second kappa shape index (κ2) is 7.63. The number of nitrogens with zero attached hydrogens (tertiary/aromatic N) is 1. The summed E-state index contributed by atoms with van der Waals surface area (Å²) >= 11 is 0. The number of benzene rings is 1. The molecule has 146 valence electrons. The summed E-state index contributed by atoms with van der Waals surface area (Å²) in [6.07, 6.45) is 3.90. The van der Waals surface area contributed by atoms with Crippen LogP contribution in [-0.4, -0.2) is 43.0 Å². The van der Waals surface area contributed by atoms with Crippen molar-refractivity contribution in [1.82, 2.24) is 4.90 Å². The van der Waals surface area contributed by atoms with Gasteiger partial charge in [0.15, 0.2) is 0 Å². The van der Waals surface area contributed by atoms with Crippen LogP contribution in [0, 0.1) is 30.6 Å². The van der Waals surface area contributed by atoms with E-state index >= 15 is 0 Å². The topological polar surface area (TPSA) is 64.9 Å². The molecule has 3 saturated carbocycles. The maximum atomic E-state index is 13.2. The van der Waals surface area contributed by atoms with E-state index in [1.165, 1.54) is 16.0 Å². The molecule has 1 amide bonds. The number of carbonyl (C=O) groups excluding carboxylic acids is 2. The Labute approximate surface area is 161 Å². The minimum absolute atomic E-state index is 0.0774. The Morgan fingerprint density at radius 1 is 1.04 bits per heavy atom. The van der Waals surface area contributed by atoms with E-state index in [4.69, 9.17) is 0 Å². The Morgan fingerprint density at radius 3 is 2.22 bits per heavy atom. The normalized spacial score (nSPS) is 31.1. The van der Waals surface area contributed by atoms with Crippen molar-refractivity contribution in [2.75, 3.05) is 26.2 Å². The van der Waals surface area contributed by atoms with Crippen LogP contribution in [0.4, 0.5) is 0 Å². The highest BCUT2D eigenvalue weighted by Gasteiger charge is 2.49. The minimum atomic E-state index is -1.01. The van der Waals surface area contributed by atoms with Crippen LogP contribution in [0.5, 0.6) is 0 Å². The van der Waals surface area contributed by atoms with Crippen LogP contribution in [0.2, 0.25) is 0 Å². The Balaban J connectivity index is 1.38. The highest BCUT2D eigenvalue weighted by Crippen LogP contribution is 2.49. The summed E-state index contributed by atoms with van der Waals surface area (Å²) in [6.45, 7) is 6.45. The molecule has 5 rings (SSSR count). The highest BCUT2D eigenvalue weighted by molar-refractivity contribution is 5.85. The van der Waals surface area contributed by atoms with Gasteiger partial charge in [-0.3, -0.25) is 4.79 Å². The Kier molecular flexibility index (Phi) is 5.22. The lowest BCUT2D eigenvalue weighted by atomic mass is 9.58. The number of amides is 1. The number of carboxylic acids is 1. The van der Waals surface area contributed by atoms with Crippen LogP contribution in [0.15, 0.2) is 24.3 Å². The molecule has 2 atom stereocenters. The Morgan fingerprint density at radius 2 is 1.63 bits per heavy atom. The fourth-order valence-corrected chi connectivity index (χ4v) is 5.65. The molecule has 1 aliphatic heterocycles. The molecule has 1 N–H and O–H groups in total. The van der Waals surface area contributed by atoms with Crippen LogP contribution in [-0.2, 0) is 16.1 Å². The third-order valence-electron chi connectivity index (χ3n) is 7.26. The molecule has 27 heavy (non-hydrogen) atoms. The fraction of sp³-hybridized carbons (Fsp3) is 0.636. The molecule has 5 heteroatoms. The molecule has 5 nitrogen and oxygen atoms in total. The molecule has 1 aromatic rings. The van der Waals surface area contributed by atoms with Gasteiger partial charge in [-0.05, 0) is 50.0 Å². The summed E-state index contributed by atoms with van der Waals surface area (Å²) in [4.78, 5) is 28.4. The SMILES string of the molecule is Cc1ccccc1C[NH+]1CCN(C(=O)[C@@H]2C3CCC(CC3)[C@@H]2C(=O)[O-])CC1. The Bertz CT molecular complexity index is 703. The summed E-state index contributed by atoms with van der Waals surface area (Å²) in [5, 5.41) is 11.7. The average Bonchev–Trinajstić information content (AvgIpc) is 2.70. The third kappa shape index (κ3) is 3.62. The first kappa shape index (κ1) is 18.5. The first-order chi connectivity index (χ1) is 13.0. The molecular formula is C22H30N2O3. The van der Waals surface area contributed by atoms with Crippen molar-refractivity contribution in [3.05, 3.63) is 35.4 Å². The Hall–Kier alpha value is -1.88. The second-order valence-corrected chi connectivity index (χ2v) is 8.72. The van der Waals surface area contributed by atoms with E-state index in [1.54, 1.807) is 0 Å². The smallest absolute Gasteiger partial charge is 0.227 e. The number of nitrogens with one attached hydrogen (secondary N) is 1. The maximum absolute atomic E-state index is 13.2. The summed E-state index contributed by atoms with van der Waals surface area (Å²) < 4.78 is 0. The van der Waals surface area contributed by atoms with Crippen molar-refractivity contribution in [3.8, 4) is 0 Å². The van der Waals surface area contributed by atoms with Gasteiger partial charge in [0.05, 0.1) is 26.2 Å². The molecule has 0 unspecified atom stereocenters. The summed E-state index contributed by atoms with van der Waals surface area (Å²) in [6, 6.07) is 8.48. The third-order valence-corrected chi connectivity index (χ3v) is 7.26. The largest absolute Gasteiger partial charge is 0.550 e. The fourth-order valence-electron chi connectivity index (χ4n) is 5.65. The van der Waals surface area contributed by atoms with Gasteiger partial charge in [-0.25, -0.2) is 0 Å². The molecule has 0 aromatic heterocycles. The molecule has 0 radical (unpaired) electrons. The summed E-state index contributed by atoms with van der Waals surface area (Å²) in [7, 11) is 0. The van der Waals surface area contributed by atoms with Crippen molar-refractivity contribution in [1.29, 1.82) is 0 Å². The minimum Gasteiger partial charge on any atom is -0.550 e. The first-order valence-corrected chi connectivity index (χ1v) is 10.4. The number of hydrogen-bond acceptors (Lipinski definition) is 3. The maximum Gasteiger partial charge on any atom is 0.227 e. The first-order valence-electron chi connectivity index (χ1n) is 10.4. The molecule has 1 saturated heterocycles. The zero-order valence-electron chi connectivity index (χ0n) is 16.2. The van der Waals surface area contributed by atoms with Crippen LogP contribution >= 0.6 is 0 Å². The lowest BCUT2D eigenvalue weighted by molar-refractivity contribution is -0.917. The van der Waals surface area contributed by atoms with Crippen molar-refractivity contribution in [3.63, 3.8) is 0 Å². The van der Waals surface area contributed by atoms with Gasteiger partial charge >= 0.3 is 0 Å². The van der Waals surface area contributed by atoms with Crippen LogP contribution in [0.1, 0.15) is 36.8 Å².